The molecule has 0 aliphatic carbocycles. The van der Waals surface area contributed by atoms with Gasteiger partial charge in [-0.05, 0) is 35.9 Å². The number of imide groups is 1. The lowest BCUT2D eigenvalue weighted by atomic mass is 10.1. The predicted molar refractivity (Wildman–Crippen MR) is 98.1 cm³/mol. The zero-order valence-corrected chi connectivity index (χ0v) is 15.5. The Bertz CT molecular complexity index is 602. The van der Waals surface area contributed by atoms with Crippen LogP contribution in [0.25, 0.3) is 0 Å². The Balaban J connectivity index is 1.84. The monoisotopic (exact) mass is 363 g/mol. The fourth-order valence-corrected chi connectivity index (χ4v) is 3.05. The van der Waals surface area contributed by atoms with Crippen LogP contribution in [0.15, 0.2) is 40.3 Å². The highest BCUT2D eigenvalue weighted by Gasteiger charge is 2.15. The SMILES string of the molecule is CC(C)CCNC(=O)NC(=O)CN(Cc1ccco1)Cc1cccs1. The van der Waals surface area contributed by atoms with E-state index in [2.05, 4.69) is 24.5 Å². The first-order chi connectivity index (χ1) is 12.0. The van der Waals surface area contributed by atoms with Gasteiger partial charge in [-0.2, -0.15) is 0 Å². The topological polar surface area (TPSA) is 74.6 Å². The molecule has 0 fully saturated rings. The van der Waals surface area contributed by atoms with Crippen LogP contribution >= 0.6 is 11.3 Å². The van der Waals surface area contributed by atoms with Crippen molar-refractivity contribution < 1.29 is 14.0 Å². The number of urea groups is 1. The number of nitrogens with one attached hydrogen (secondary N) is 2. The summed E-state index contributed by atoms with van der Waals surface area (Å²) in [6.07, 6.45) is 2.49. The van der Waals surface area contributed by atoms with Crippen LogP contribution in [0.3, 0.4) is 0 Å². The van der Waals surface area contributed by atoms with Gasteiger partial charge in [-0.3, -0.25) is 15.0 Å². The van der Waals surface area contributed by atoms with Crippen LogP contribution in [-0.2, 0) is 17.9 Å². The highest BCUT2D eigenvalue weighted by Crippen LogP contribution is 2.14. The van der Waals surface area contributed by atoms with E-state index < -0.39 is 6.03 Å². The molecule has 0 aliphatic heterocycles. The average molecular weight is 363 g/mol. The molecule has 2 rings (SSSR count). The molecule has 7 heteroatoms. The lowest BCUT2D eigenvalue weighted by Gasteiger charge is -2.20. The summed E-state index contributed by atoms with van der Waals surface area (Å²) in [7, 11) is 0. The van der Waals surface area contributed by atoms with Crippen molar-refractivity contribution in [3.63, 3.8) is 0 Å². The molecule has 0 aromatic carbocycles. The highest BCUT2D eigenvalue weighted by atomic mass is 32.1. The maximum Gasteiger partial charge on any atom is 0.321 e. The number of hydrogen-bond donors (Lipinski definition) is 2. The molecule has 136 valence electrons. The van der Waals surface area contributed by atoms with Crippen molar-refractivity contribution >= 4 is 23.3 Å². The Morgan fingerprint density at radius 2 is 2.08 bits per heavy atom. The summed E-state index contributed by atoms with van der Waals surface area (Å²) < 4.78 is 5.37. The molecule has 0 radical (unpaired) electrons. The van der Waals surface area contributed by atoms with Crippen LogP contribution in [0.4, 0.5) is 4.79 Å². The van der Waals surface area contributed by atoms with Gasteiger partial charge in [0.25, 0.3) is 0 Å². The summed E-state index contributed by atoms with van der Waals surface area (Å²) in [5.74, 6) is 0.960. The summed E-state index contributed by atoms with van der Waals surface area (Å²) in [5, 5.41) is 7.09. The molecule has 2 aromatic rings. The van der Waals surface area contributed by atoms with Gasteiger partial charge in [-0.1, -0.05) is 19.9 Å². The van der Waals surface area contributed by atoms with E-state index in [9.17, 15) is 9.59 Å². The van der Waals surface area contributed by atoms with E-state index in [1.165, 1.54) is 0 Å². The molecule has 3 amide bonds. The molecular weight excluding hydrogens is 338 g/mol. The molecule has 0 unspecified atom stereocenters. The molecule has 25 heavy (non-hydrogen) atoms. The van der Waals surface area contributed by atoms with Gasteiger partial charge in [0.15, 0.2) is 0 Å². The van der Waals surface area contributed by atoms with Gasteiger partial charge in [-0.15, -0.1) is 11.3 Å². The molecule has 2 aromatic heterocycles. The van der Waals surface area contributed by atoms with Crippen LogP contribution in [0, 0.1) is 5.92 Å². The lowest BCUT2D eigenvalue weighted by molar-refractivity contribution is -0.121. The van der Waals surface area contributed by atoms with E-state index in [-0.39, 0.29) is 12.5 Å². The largest absolute Gasteiger partial charge is 0.468 e. The second-order valence-corrected chi connectivity index (χ2v) is 7.32. The maximum atomic E-state index is 12.2. The van der Waals surface area contributed by atoms with Crippen LogP contribution in [0.2, 0.25) is 0 Å². The Labute approximate surface area is 152 Å². The van der Waals surface area contributed by atoms with Crippen molar-refractivity contribution in [2.75, 3.05) is 13.1 Å². The molecule has 2 N–H and O–H groups in total. The van der Waals surface area contributed by atoms with E-state index in [1.54, 1.807) is 17.6 Å². The summed E-state index contributed by atoms with van der Waals surface area (Å²) in [6.45, 7) is 5.98. The normalized spacial score (nSPS) is 11.0. The fourth-order valence-electron chi connectivity index (χ4n) is 2.30. The standard InChI is InChI=1S/C18H25N3O3S/c1-14(2)7-8-19-18(23)20-17(22)13-21(11-15-5-3-9-24-15)12-16-6-4-10-25-16/h3-6,9-10,14H,7-8,11-13H2,1-2H3,(H2,19,20,22,23). The minimum atomic E-state index is -0.445. The minimum absolute atomic E-state index is 0.121. The van der Waals surface area contributed by atoms with Crippen LogP contribution in [0.1, 0.15) is 30.9 Å². The Kier molecular flexibility index (Phi) is 7.69. The van der Waals surface area contributed by atoms with Crippen molar-refractivity contribution in [3.8, 4) is 0 Å². The second-order valence-electron chi connectivity index (χ2n) is 6.29. The highest BCUT2D eigenvalue weighted by molar-refractivity contribution is 7.09. The summed E-state index contributed by atoms with van der Waals surface area (Å²) in [5.41, 5.74) is 0. The number of carbonyl (C=O) groups is 2. The smallest absolute Gasteiger partial charge is 0.321 e. The van der Waals surface area contributed by atoms with Crippen LogP contribution in [-0.4, -0.2) is 29.9 Å². The van der Waals surface area contributed by atoms with E-state index >= 15 is 0 Å². The number of amides is 3. The number of nitrogens with zero attached hydrogens (tertiary/aromatic N) is 1. The van der Waals surface area contributed by atoms with E-state index in [4.69, 9.17) is 4.42 Å². The molecule has 2 heterocycles. The molecule has 6 nitrogen and oxygen atoms in total. The van der Waals surface area contributed by atoms with Gasteiger partial charge < -0.3 is 9.73 Å². The quantitative estimate of drug-likeness (QED) is 0.717. The summed E-state index contributed by atoms with van der Waals surface area (Å²) in [6, 6.07) is 7.25. The zero-order valence-electron chi connectivity index (χ0n) is 14.7. The third-order valence-electron chi connectivity index (χ3n) is 3.55. The first-order valence-electron chi connectivity index (χ1n) is 8.37. The minimum Gasteiger partial charge on any atom is -0.468 e. The summed E-state index contributed by atoms with van der Waals surface area (Å²) in [4.78, 5) is 27.0. The van der Waals surface area contributed by atoms with Gasteiger partial charge in [-0.25, -0.2) is 4.79 Å². The van der Waals surface area contributed by atoms with Gasteiger partial charge >= 0.3 is 6.03 Å². The van der Waals surface area contributed by atoms with Gasteiger partial charge in [0.1, 0.15) is 5.76 Å². The van der Waals surface area contributed by atoms with Crippen molar-refractivity contribution in [1.29, 1.82) is 0 Å². The summed E-state index contributed by atoms with van der Waals surface area (Å²) >= 11 is 1.64. The van der Waals surface area contributed by atoms with E-state index in [1.807, 2.05) is 34.5 Å². The van der Waals surface area contributed by atoms with Crippen molar-refractivity contribution in [2.45, 2.75) is 33.4 Å². The van der Waals surface area contributed by atoms with Crippen molar-refractivity contribution in [2.24, 2.45) is 5.92 Å². The number of rotatable bonds is 9. The fraction of sp³-hybridized carbons (Fsp3) is 0.444. The Hall–Kier alpha value is -2.12. The van der Waals surface area contributed by atoms with Crippen molar-refractivity contribution in [1.82, 2.24) is 15.5 Å². The molecule has 0 saturated carbocycles. The zero-order chi connectivity index (χ0) is 18.1. The number of carbonyl (C=O) groups excluding carboxylic acids is 2. The molecule has 0 spiro atoms. The van der Waals surface area contributed by atoms with Crippen LogP contribution in [0.5, 0.6) is 0 Å². The van der Waals surface area contributed by atoms with E-state index in [0.29, 0.717) is 25.6 Å². The van der Waals surface area contributed by atoms with Gasteiger partial charge in [0.05, 0.1) is 19.4 Å². The first kappa shape index (κ1) is 19.2. The van der Waals surface area contributed by atoms with Crippen molar-refractivity contribution in [3.05, 3.63) is 46.5 Å². The number of furan rings is 1. The first-order valence-corrected chi connectivity index (χ1v) is 9.25. The van der Waals surface area contributed by atoms with Crippen LogP contribution < -0.4 is 10.6 Å². The third kappa shape index (κ3) is 7.53. The number of thiophene rings is 1. The van der Waals surface area contributed by atoms with Gasteiger partial charge in [0, 0.05) is 18.0 Å². The maximum absolute atomic E-state index is 12.2. The van der Waals surface area contributed by atoms with E-state index in [0.717, 1.165) is 17.1 Å². The third-order valence-corrected chi connectivity index (χ3v) is 4.41. The lowest BCUT2D eigenvalue weighted by Crippen LogP contribution is -2.44. The predicted octanol–water partition coefficient (Wildman–Crippen LogP) is 3.22. The second kappa shape index (κ2) is 10.0. The average Bonchev–Trinajstić information content (AvgIpc) is 3.20. The Morgan fingerprint density at radius 3 is 2.72 bits per heavy atom. The van der Waals surface area contributed by atoms with Gasteiger partial charge in [0.2, 0.25) is 5.91 Å². The molecule has 0 bridgehead atoms. The molecule has 0 aliphatic rings. The molecule has 0 atom stereocenters. The molecular formula is C18H25N3O3S. The Morgan fingerprint density at radius 1 is 1.24 bits per heavy atom. The number of hydrogen-bond acceptors (Lipinski definition) is 5. The molecule has 0 saturated heterocycles.